The number of anilines is 3. The maximum absolute atomic E-state index is 13.0. The number of piperazine rings is 1. The zero-order chi connectivity index (χ0) is 45.6. The fraction of sp³-hybridized carbons (Fsp3) is 0.420. The molecule has 4 amide bonds. The number of piperidine rings is 1. The molecule has 1 atom stereocenters. The molecule has 3 aromatic heterocycles. The van der Waals surface area contributed by atoms with Crippen LogP contribution in [0.2, 0.25) is 0 Å². The summed E-state index contributed by atoms with van der Waals surface area (Å²) in [6.45, 7) is 21.8. The molecule has 3 aliphatic rings. The van der Waals surface area contributed by atoms with E-state index in [4.69, 9.17) is 9.51 Å². The Balaban J connectivity index is 0.786. The summed E-state index contributed by atoms with van der Waals surface area (Å²) in [5.41, 5.74) is 12.0. The fourth-order valence-electron chi connectivity index (χ4n) is 9.61. The van der Waals surface area contributed by atoms with Gasteiger partial charge in [-0.15, -0.1) is 0 Å². The largest absolute Gasteiger partial charge is 0.372 e. The summed E-state index contributed by atoms with van der Waals surface area (Å²) in [6.07, 6.45) is 4.25. The predicted molar refractivity (Wildman–Crippen MR) is 253 cm³/mol. The number of aromatic nitrogens is 5. The normalized spacial score (nSPS) is 17.2. The first-order chi connectivity index (χ1) is 31.2. The molecule has 3 aliphatic heterocycles. The Hall–Kier alpha value is -6.61. The van der Waals surface area contributed by atoms with Gasteiger partial charge in [-0.3, -0.25) is 24.7 Å². The van der Waals surface area contributed by atoms with Crippen LogP contribution >= 0.6 is 0 Å². The van der Waals surface area contributed by atoms with Crippen molar-refractivity contribution in [3.63, 3.8) is 0 Å². The summed E-state index contributed by atoms with van der Waals surface area (Å²) in [5, 5.41) is 10.4. The lowest BCUT2D eigenvalue weighted by Gasteiger charge is -2.40. The van der Waals surface area contributed by atoms with E-state index in [1.54, 1.807) is 11.2 Å². The third kappa shape index (κ3) is 9.19. The van der Waals surface area contributed by atoms with Gasteiger partial charge in [0.05, 0.1) is 11.7 Å². The molecule has 338 valence electrons. The molecule has 0 radical (unpaired) electrons. The monoisotopic (exact) mass is 877 g/mol. The standard InChI is InChI=1S/C50H59N11O4/c1-30-24-36(8-11-38(30)33(4)53-46(63)47-56-48(57-65-47)50(5,6)7)44-39-27-40(54-45(39)52-29-51-44)35-9-12-41(31(2)25-35)60-22-20-58(21-23-60)28-34-14-17-59(18-15-34)37-10-13-42(32(3)26-37)61-19-16-43(62)55-49(61)64/h8-13,24-27,29,33-34H,14-23,28H2,1-7H3,(H,53,63)(H,51,52,54)(H,55,62,64)/t33-/m1/s1. The maximum atomic E-state index is 13.0. The van der Waals surface area contributed by atoms with Gasteiger partial charge in [0.15, 0.2) is 5.82 Å². The maximum Gasteiger partial charge on any atom is 0.328 e. The van der Waals surface area contributed by atoms with Crippen molar-refractivity contribution in [2.75, 3.05) is 67.1 Å². The van der Waals surface area contributed by atoms with Crippen molar-refractivity contribution in [2.45, 2.75) is 79.2 Å². The zero-order valence-corrected chi connectivity index (χ0v) is 38.5. The molecular formula is C50H59N11O4. The van der Waals surface area contributed by atoms with Crippen LogP contribution in [-0.2, 0) is 10.2 Å². The number of nitrogens with zero attached hydrogens (tertiary/aromatic N) is 8. The zero-order valence-electron chi connectivity index (χ0n) is 38.5. The summed E-state index contributed by atoms with van der Waals surface area (Å²) < 4.78 is 5.26. The van der Waals surface area contributed by atoms with Crippen LogP contribution in [0.1, 0.15) is 91.8 Å². The summed E-state index contributed by atoms with van der Waals surface area (Å²) in [5.74, 6) is 0.497. The molecule has 0 saturated carbocycles. The van der Waals surface area contributed by atoms with E-state index in [9.17, 15) is 14.4 Å². The van der Waals surface area contributed by atoms with Crippen LogP contribution in [0.4, 0.5) is 21.9 Å². The molecule has 0 aliphatic carbocycles. The molecule has 3 N–H and O–H groups in total. The van der Waals surface area contributed by atoms with Crippen molar-refractivity contribution in [1.29, 1.82) is 0 Å². The highest BCUT2D eigenvalue weighted by atomic mass is 16.5. The number of hydrogen-bond donors (Lipinski definition) is 3. The minimum Gasteiger partial charge on any atom is -0.372 e. The third-order valence-electron chi connectivity index (χ3n) is 13.3. The van der Waals surface area contributed by atoms with E-state index in [1.165, 1.54) is 16.9 Å². The number of amides is 4. The number of imide groups is 1. The summed E-state index contributed by atoms with van der Waals surface area (Å²) >= 11 is 0. The minimum atomic E-state index is -0.406. The number of aromatic amines is 1. The van der Waals surface area contributed by atoms with Crippen LogP contribution in [-0.4, -0.2) is 100 Å². The topological polar surface area (TPSA) is 169 Å². The molecule has 15 nitrogen and oxygen atoms in total. The number of carbonyl (C=O) groups is 3. The Morgan fingerprint density at radius 2 is 1.55 bits per heavy atom. The molecule has 6 aromatic rings. The molecule has 15 heteroatoms. The van der Waals surface area contributed by atoms with Crippen molar-refractivity contribution >= 4 is 45.9 Å². The number of aryl methyl sites for hydroxylation is 3. The van der Waals surface area contributed by atoms with Gasteiger partial charge in [0.25, 0.3) is 0 Å². The summed E-state index contributed by atoms with van der Waals surface area (Å²) in [6, 6.07) is 20.7. The van der Waals surface area contributed by atoms with Crippen LogP contribution in [0, 0.1) is 26.7 Å². The molecule has 0 bridgehead atoms. The smallest absolute Gasteiger partial charge is 0.328 e. The van der Waals surface area contributed by atoms with E-state index in [1.807, 2.05) is 59.7 Å². The first-order valence-electron chi connectivity index (χ1n) is 22.8. The van der Waals surface area contributed by atoms with Gasteiger partial charge in [0.1, 0.15) is 12.0 Å². The van der Waals surface area contributed by atoms with Gasteiger partial charge in [-0.25, -0.2) is 14.8 Å². The highest BCUT2D eigenvalue weighted by molar-refractivity contribution is 6.06. The number of rotatable bonds is 10. The van der Waals surface area contributed by atoms with E-state index < -0.39 is 5.91 Å². The predicted octanol–water partition coefficient (Wildman–Crippen LogP) is 7.87. The van der Waals surface area contributed by atoms with Crippen molar-refractivity contribution in [3.8, 4) is 22.5 Å². The van der Waals surface area contributed by atoms with Crippen molar-refractivity contribution in [1.82, 2.24) is 40.6 Å². The first kappa shape index (κ1) is 43.6. The Morgan fingerprint density at radius 1 is 0.831 bits per heavy atom. The lowest BCUT2D eigenvalue weighted by atomic mass is 9.95. The van der Waals surface area contributed by atoms with Crippen LogP contribution in [0.5, 0.6) is 0 Å². The third-order valence-corrected chi connectivity index (χ3v) is 13.3. The molecule has 9 rings (SSSR count). The molecule has 3 aromatic carbocycles. The number of hydrogen-bond acceptors (Lipinski definition) is 11. The second-order valence-electron chi connectivity index (χ2n) is 19.1. The first-order valence-corrected chi connectivity index (χ1v) is 22.8. The van der Waals surface area contributed by atoms with Gasteiger partial charge >= 0.3 is 17.8 Å². The van der Waals surface area contributed by atoms with E-state index in [2.05, 4.69) is 94.8 Å². The van der Waals surface area contributed by atoms with Crippen LogP contribution in [0.15, 0.2) is 71.5 Å². The van der Waals surface area contributed by atoms with Crippen molar-refractivity contribution in [3.05, 3.63) is 101 Å². The van der Waals surface area contributed by atoms with E-state index in [-0.39, 0.29) is 29.3 Å². The fourth-order valence-corrected chi connectivity index (χ4v) is 9.61. The number of carbonyl (C=O) groups excluding carboxylic acids is 3. The second kappa shape index (κ2) is 17.8. The average Bonchev–Trinajstić information content (AvgIpc) is 3.97. The molecule has 3 saturated heterocycles. The number of urea groups is 1. The van der Waals surface area contributed by atoms with E-state index in [0.29, 0.717) is 24.7 Å². The van der Waals surface area contributed by atoms with Crippen molar-refractivity contribution in [2.24, 2.45) is 5.92 Å². The molecule has 65 heavy (non-hydrogen) atoms. The molecule has 0 unspecified atom stereocenters. The molecule has 0 spiro atoms. The summed E-state index contributed by atoms with van der Waals surface area (Å²) in [7, 11) is 0. The number of fused-ring (bicyclic) bond motifs is 1. The van der Waals surface area contributed by atoms with Crippen LogP contribution < -0.4 is 25.3 Å². The highest BCUT2D eigenvalue weighted by Gasteiger charge is 2.29. The summed E-state index contributed by atoms with van der Waals surface area (Å²) in [4.78, 5) is 63.5. The van der Waals surface area contributed by atoms with Gasteiger partial charge in [-0.2, -0.15) is 4.98 Å². The SMILES string of the molecule is Cc1cc(-c2ncnc3[nH]c(-c4ccc(N5CCN(CC6CCN(c7ccc(N8CCC(=O)NC8=O)c(C)c7)CC6)CC5)c(C)c4)cc23)ccc1[C@@H](C)NC(=O)c1nc(C(C)(C)C)no1. The van der Waals surface area contributed by atoms with E-state index in [0.717, 1.165) is 115 Å². The molecular weight excluding hydrogens is 819 g/mol. The van der Waals surface area contributed by atoms with Gasteiger partial charge in [-0.05, 0) is 117 Å². The molecule has 3 fully saturated rings. The Morgan fingerprint density at radius 3 is 2.25 bits per heavy atom. The number of benzene rings is 3. The van der Waals surface area contributed by atoms with Gasteiger partial charge in [0.2, 0.25) is 5.91 Å². The van der Waals surface area contributed by atoms with Gasteiger partial charge in [-0.1, -0.05) is 44.1 Å². The minimum absolute atomic E-state index is 0.0452. The van der Waals surface area contributed by atoms with Gasteiger partial charge in [0, 0.05) is 97.9 Å². The van der Waals surface area contributed by atoms with Crippen molar-refractivity contribution < 1.29 is 18.9 Å². The van der Waals surface area contributed by atoms with E-state index >= 15 is 0 Å². The lowest BCUT2D eigenvalue weighted by molar-refractivity contribution is -0.120. The van der Waals surface area contributed by atoms with Gasteiger partial charge < -0.3 is 24.6 Å². The Bertz CT molecular complexity index is 2750. The molecule has 6 heterocycles. The second-order valence-corrected chi connectivity index (χ2v) is 19.1. The Kier molecular flexibility index (Phi) is 11.9. The highest BCUT2D eigenvalue weighted by Crippen LogP contribution is 2.35. The van der Waals surface area contributed by atoms with Crippen LogP contribution in [0.25, 0.3) is 33.5 Å². The Labute approximate surface area is 380 Å². The number of H-pyrrole nitrogens is 1. The van der Waals surface area contributed by atoms with Crippen LogP contribution in [0.3, 0.4) is 0 Å². The lowest BCUT2D eigenvalue weighted by Crippen LogP contribution is -2.49. The average molecular weight is 878 g/mol. The number of nitrogens with one attached hydrogen (secondary N) is 3. The quantitative estimate of drug-likeness (QED) is 0.123.